The molecule has 0 aromatic carbocycles. The Morgan fingerprint density at radius 1 is 1.64 bits per heavy atom. The summed E-state index contributed by atoms with van der Waals surface area (Å²) in [6.07, 6.45) is 3.24. The van der Waals surface area contributed by atoms with E-state index in [2.05, 4.69) is 4.98 Å². The second kappa shape index (κ2) is 3.75. The third-order valence-electron chi connectivity index (χ3n) is 2.40. The smallest absolute Gasteiger partial charge is 0.255 e. The molecular weight excluding hydrogens is 180 g/mol. The Hall–Kier alpha value is -1.42. The molecule has 0 radical (unpaired) electrons. The predicted molar refractivity (Wildman–Crippen MR) is 50.9 cm³/mol. The van der Waals surface area contributed by atoms with E-state index in [-0.39, 0.29) is 11.9 Å². The Bertz CT molecular complexity index is 322. The van der Waals surface area contributed by atoms with Crippen molar-refractivity contribution in [2.24, 2.45) is 0 Å². The summed E-state index contributed by atoms with van der Waals surface area (Å²) in [6.45, 7) is 1.28. The van der Waals surface area contributed by atoms with Crippen LogP contribution >= 0.6 is 0 Å². The number of amides is 1. The number of hydrogen-bond acceptors (Lipinski definition) is 3. The number of nitrogens with zero attached hydrogens (tertiary/aromatic N) is 2. The normalized spacial score (nSPS) is 16.1. The largest absolute Gasteiger partial charge is 0.377 e. The average Bonchev–Trinajstić information content (AvgIpc) is 2.15. The highest BCUT2D eigenvalue weighted by Gasteiger charge is 2.27. The molecule has 2 heterocycles. The highest BCUT2D eigenvalue weighted by molar-refractivity contribution is 5.93. The summed E-state index contributed by atoms with van der Waals surface area (Å²) in [6, 6.07) is 3.76. The van der Waals surface area contributed by atoms with Crippen LogP contribution < -0.4 is 0 Å². The lowest BCUT2D eigenvalue weighted by Crippen LogP contribution is -2.49. The van der Waals surface area contributed by atoms with Crippen LogP contribution in [-0.2, 0) is 4.74 Å². The van der Waals surface area contributed by atoms with Crippen LogP contribution in [0.2, 0.25) is 0 Å². The van der Waals surface area contributed by atoms with Gasteiger partial charge in [-0.3, -0.25) is 9.78 Å². The van der Waals surface area contributed by atoms with Gasteiger partial charge in [0.2, 0.25) is 0 Å². The fourth-order valence-corrected chi connectivity index (χ4v) is 1.31. The number of aromatic nitrogens is 1. The lowest BCUT2D eigenvalue weighted by molar-refractivity contribution is -0.0468. The molecule has 14 heavy (non-hydrogen) atoms. The summed E-state index contributed by atoms with van der Waals surface area (Å²) in [5.41, 5.74) is 0.627. The summed E-state index contributed by atoms with van der Waals surface area (Å²) in [7, 11) is 1.79. The number of rotatable bonds is 2. The van der Waals surface area contributed by atoms with E-state index in [1.807, 2.05) is 0 Å². The van der Waals surface area contributed by atoms with Crippen LogP contribution in [0.5, 0.6) is 0 Å². The van der Waals surface area contributed by atoms with Crippen LogP contribution in [0.4, 0.5) is 0 Å². The van der Waals surface area contributed by atoms with Gasteiger partial charge in [0.15, 0.2) is 0 Å². The second-order valence-corrected chi connectivity index (χ2v) is 3.35. The average molecular weight is 192 g/mol. The fraction of sp³-hybridized carbons (Fsp3) is 0.400. The maximum Gasteiger partial charge on any atom is 0.255 e. The number of carbonyl (C=O) groups excluding carboxylic acids is 1. The number of carbonyl (C=O) groups is 1. The zero-order chi connectivity index (χ0) is 9.97. The van der Waals surface area contributed by atoms with Crippen molar-refractivity contribution in [2.75, 3.05) is 20.3 Å². The standard InChI is InChI=1S/C10H12N2O2/c1-12(9-6-14-7-9)10(13)8-3-2-4-11-5-8/h2-5,9H,6-7H2,1H3. The molecule has 0 spiro atoms. The molecule has 1 aromatic rings. The predicted octanol–water partition coefficient (Wildman–Crippen LogP) is 0.552. The maximum absolute atomic E-state index is 11.8. The fourth-order valence-electron chi connectivity index (χ4n) is 1.31. The molecule has 1 aliphatic heterocycles. The lowest BCUT2D eigenvalue weighted by atomic mass is 10.2. The van der Waals surface area contributed by atoms with Gasteiger partial charge in [0.25, 0.3) is 5.91 Å². The van der Waals surface area contributed by atoms with Crippen LogP contribution in [-0.4, -0.2) is 42.1 Å². The lowest BCUT2D eigenvalue weighted by Gasteiger charge is -2.34. The quantitative estimate of drug-likeness (QED) is 0.687. The van der Waals surface area contributed by atoms with Crippen molar-refractivity contribution in [3.8, 4) is 0 Å². The van der Waals surface area contributed by atoms with E-state index in [1.54, 1.807) is 36.5 Å². The molecule has 0 unspecified atom stereocenters. The van der Waals surface area contributed by atoms with E-state index in [9.17, 15) is 4.79 Å². The van der Waals surface area contributed by atoms with Gasteiger partial charge in [-0.25, -0.2) is 0 Å². The first-order chi connectivity index (χ1) is 6.79. The summed E-state index contributed by atoms with van der Waals surface area (Å²) in [4.78, 5) is 17.4. The third-order valence-corrected chi connectivity index (χ3v) is 2.40. The minimum atomic E-state index is 0.00593. The molecule has 1 aromatic heterocycles. The molecule has 4 heteroatoms. The van der Waals surface area contributed by atoms with E-state index < -0.39 is 0 Å². The van der Waals surface area contributed by atoms with E-state index in [0.717, 1.165) is 0 Å². The molecule has 1 saturated heterocycles. The van der Waals surface area contributed by atoms with Crippen molar-refractivity contribution in [1.29, 1.82) is 0 Å². The first-order valence-corrected chi connectivity index (χ1v) is 4.54. The Balaban J connectivity index is 2.07. The van der Waals surface area contributed by atoms with Crippen LogP contribution in [0, 0.1) is 0 Å². The Kier molecular flexibility index (Phi) is 2.45. The van der Waals surface area contributed by atoms with Crippen LogP contribution in [0.25, 0.3) is 0 Å². The van der Waals surface area contributed by atoms with Crippen LogP contribution in [0.15, 0.2) is 24.5 Å². The van der Waals surface area contributed by atoms with Crippen molar-refractivity contribution >= 4 is 5.91 Å². The topological polar surface area (TPSA) is 42.4 Å². The van der Waals surface area contributed by atoms with Crippen LogP contribution in [0.3, 0.4) is 0 Å². The summed E-state index contributed by atoms with van der Waals surface area (Å²) in [5, 5.41) is 0. The van der Waals surface area contributed by atoms with Crippen molar-refractivity contribution < 1.29 is 9.53 Å². The molecule has 1 fully saturated rings. The first kappa shape index (κ1) is 9.15. The zero-order valence-corrected chi connectivity index (χ0v) is 8.01. The first-order valence-electron chi connectivity index (χ1n) is 4.54. The van der Waals surface area contributed by atoms with Crippen molar-refractivity contribution in [2.45, 2.75) is 6.04 Å². The van der Waals surface area contributed by atoms with E-state index in [1.165, 1.54) is 0 Å². The summed E-state index contributed by atoms with van der Waals surface area (Å²) < 4.78 is 5.03. The Morgan fingerprint density at radius 2 is 2.43 bits per heavy atom. The summed E-state index contributed by atoms with van der Waals surface area (Å²) in [5.74, 6) is 0.00593. The van der Waals surface area contributed by atoms with Crippen LogP contribution in [0.1, 0.15) is 10.4 Å². The Morgan fingerprint density at radius 3 is 2.93 bits per heavy atom. The molecule has 1 amide bonds. The van der Waals surface area contributed by atoms with Gasteiger partial charge in [-0.15, -0.1) is 0 Å². The van der Waals surface area contributed by atoms with E-state index in [0.29, 0.717) is 18.8 Å². The molecule has 0 bridgehead atoms. The van der Waals surface area contributed by atoms with Crippen molar-refractivity contribution in [1.82, 2.24) is 9.88 Å². The minimum Gasteiger partial charge on any atom is -0.377 e. The third kappa shape index (κ3) is 1.61. The molecule has 0 saturated carbocycles. The number of ether oxygens (including phenoxy) is 1. The van der Waals surface area contributed by atoms with Gasteiger partial charge in [0, 0.05) is 19.4 Å². The Labute approximate surface area is 82.5 Å². The SMILES string of the molecule is CN(C(=O)c1cccnc1)C1COC1. The van der Waals surface area contributed by atoms with Gasteiger partial charge < -0.3 is 9.64 Å². The monoisotopic (exact) mass is 192 g/mol. The highest BCUT2D eigenvalue weighted by atomic mass is 16.5. The second-order valence-electron chi connectivity index (χ2n) is 3.35. The van der Waals surface area contributed by atoms with Gasteiger partial charge in [-0.1, -0.05) is 0 Å². The van der Waals surface area contributed by atoms with Gasteiger partial charge in [-0.05, 0) is 12.1 Å². The molecular formula is C10H12N2O2. The minimum absolute atomic E-state index is 0.00593. The molecule has 1 aliphatic rings. The maximum atomic E-state index is 11.8. The van der Waals surface area contributed by atoms with E-state index >= 15 is 0 Å². The molecule has 0 N–H and O–H groups in total. The molecule has 0 aliphatic carbocycles. The highest BCUT2D eigenvalue weighted by Crippen LogP contribution is 2.11. The summed E-state index contributed by atoms with van der Waals surface area (Å²) >= 11 is 0. The number of pyridine rings is 1. The van der Waals surface area contributed by atoms with E-state index in [4.69, 9.17) is 4.74 Å². The number of hydrogen-bond donors (Lipinski definition) is 0. The van der Waals surface area contributed by atoms with Gasteiger partial charge >= 0.3 is 0 Å². The zero-order valence-electron chi connectivity index (χ0n) is 8.01. The van der Waals surface area contributed by atoms with Gasteiger partial charge in [0.05, 0.1) is 24.8 Å². The molecule has 0 atom stereocenters. The van der Waals surface area contributed by atoms with Gasteiger partial charge in [0.1, 0.15) is 0 Å². The number of likely N-dealkylation sites (N-methyl/N-ethyl adjacent to an activating group) is 1. The van der Waals surface area contributed by atoms with Gasteiger partial charge in [-0.2, -0.15) is 0 Å². The molecule has 74 valence electrons. The van der Waals surface area contributed by atoms with Crippen molar-refractivity contribution in [3.63, 3.8) is 0 Å². The molecule has 4 nitrogen and oxygen atoms in total. The van der Waals surface area contributed by atoms with Crippen molar-refractivity contribution in [3.05, 3.63) is 30.1 Å². The molecule has 2 rings (SSSR count).